The van der Waals surface area contributed by atoms with E-state index in [1.165, 1.54) is 6.07 Å². The number of nitro benzene ring substituents is 3. The molecule has 0 aliphatic carbocycles. The van der Waals surface area contributed by atoms with Crippen molar-refractivity contribution in [3.05, 3.63) is 77.3 Å². The van der Waals surface area contributed by atoms with Crippen molar-refractivity contribution in [3.63, 3.8) is 0 Å². The van der Waals surface area contributed by atoms with Crippen LogP contribution in [0.2, 0.25) is 5.02 Å². The monoisotopic (exact) mass is 381 g/mol. The third-order valence-electron chi connectivity index (χ3n) is 3.10. The molecule has 0 aliphatic heterocycles. The number of non-ortho nitro benzene ring substituents is 1. The second-order valence-electron chi connectivity index (χ2n) is 4.72. The Morgan fingerprint density at radius 1 is 0.885 bits per heavy atom. The van der Waals surface area contributed by atoms with Crippen LogP contribution in [0, 0.1) is 30.3 Å². The van der Waals surface area contributed by atoms with Gasteiger partial charge < -0.3 is 0 Å². The highest BCUT2D eigenvalue weighted by atomic mass is 35.5. The van der Waals surface area contributed by atoms with Crippen molar-refractivity contribution >= 4 is 40.3 Å². The van der Waals surface area contributed by atoms with Crippen LogP contribution in [0.25, 0.3) is 0 Å². The molecule has 2 aromatic rings. The van der Waals surface area contributed by atoms with Crippen LogP contribution >= 0.6 is 11.6 Å². The SMILES string of the molecule is O=C(NNc1ccc([N+](=O)[O-])cc1[N+](=O)[O-])c1ccc(Cl)c([N+](=O)[O-])c1. The van der Waals surface area contributed by atoms with Crippen LogP contribution in [0.5, 0.6) is 0 Å². The molecule has 2 rings (SSSR count). The number of amides is 1. The lowest BCUT2D eigenvalue weighted by Crippen LogP contribution is -2.29. The minimum atomic E-state index is -0.866. The average molecular weight is 382 g/mol. The first-order valence-corrected chi connectivity index (χ1v) is 7.01. The Morgan fingerprint density at radius 2 is 1.54 bits per heavy atom. The van der Waals surface area contributed by atoms with E-state index in [0.717, 1.165) is 30.3 Å². The van der Waals surface area contributed by atoms with Crippen LogP contribution < -0.4 is 10.9 Å². The van der Waals surface area contributed by atoms with Gasteiger partial charge in [0.1, 0.15) is 10.7 Å². The Balaban J connectivity index is 2.22. The highest BCUT2D eigenvalue weighted by Crippen LogP contribution is 2.28. The summed E-state index contributed by atoms with van der Waals surface area (Å²) in [4.78, 5) is 42.1. The van der Waals surface area contributed by atoms with E-state index >= 15 is 0 Å². The maximum atomic E-state index is 12.0. The molecule has 0 aromatic heterocycles. The Labute approximate surface area is 148 Å². The first kappa shape index (κ1) is 18.5. The van der Waals surface area contributed by atoms with Crippen LogP contribution in [0.1, 0.15) is 10.4 Å². The molecule has 0 fully saturated rings. The highest BCUT2D eigenvalue weighted by Gasteiger charge is 2.21. The number of hydrogen-bond donors (Lipinski definition) is 2. The van der Waals surface area contributed by atoms with Crippen molar-refractivity contribution in [2.75, 3.05) is 5.43 Å². The Hall–Kier alpha value is -3.80. The molecule has 12 nitrogen and oxygen atoms in total. The fraction of sp³-hybridized carbons (Fsp3) is 0. The molecule has 134 valence electrons. The van der Waals surface area contributed by atoms with Crippen molar-refractivity contribution in [2.45, 2.75) is 0 Å². The van der Waals surface area contributed by atoms with Crippen LogP contribution in [0.4, 0.5) is 22.7 Å². The fourth-order valence-corrected chi connectivity index (χ4v) is 2.07. The molecule has 0 saturated carbocycles. The number of anilines is 1. The van der Waals surface area contributed by atoms with Gasteiger partial charge in [-0.3, -0.25) is 46.0 Å². The summed E-state index contributed by atoms with van der Waals surface area (Å²) >= 11 is 5.65. The van der Waals surface area contributed by atoms with Gasteiger partial charge in [-0.25, -0.2) is 0 Å². The van der Waals surface area contributed by atoms with E-state index in [2.05, 4.69) is 10.9 Å². The van der Waals surface area contributed by atoms with Crippen molar-refractivity contribution in [2.24, 2.45) is 0 Å². The van der Waals surface area contributed by atoms with Crippen LogP contribution in [0.3, 0.4) is 0 Å². The molecule has 2 N–H and O–H groups in total. The smallest absolute Gasteiger partial charge is 0.292 e. The highest BCUT2D eigenvalue weighted by molar-refractivity contribution is 6.32. The summed E-state index contributed by atoms with van der Waals surface area (Å²) in [5, 5.41) is 32.4. The lowest BCUT2D eigenvalue weighted by Gasteiger charge is -2.09. The van der Waals surface area contributed by atoms with Gasteiger partial charge in [-0.1, -0.05) is 11.6 Å². The molecule has 0 unspecified atom stereocenters. The maximum Gasteiger partial charge on any atom is 0.300 e. The molecule has 0 bridgehead atoms. The summed E-state index contributed by atoms with van der Waals surface area (Å²) in [6.07, 6.45) is 0. The first-order chi connectivity index (χ1) is 12.2. The number of hydrazine groups is 1. The van der Waals surface area contributed by atoms with E-state index in [1.54, 1.807) is 0 Å². The minimum Gasteiger partial charge on any atom is -0.292 e. The second-order valence-corrected chi connectivity index (χ2v) is 5.13. The number of hydrogen-bond acceptors (Lipinski definition) is 8. The topological polar surface area (TPSA) is 171 Å². The summed E-state index contributed by atoms with van der Waals surface area (Å²) in [5.74, 6) is -0.836. The standard InChI is InChI=1S/C13H8ClN5O7/c14-9-3-1-7(5-11(9)18(23)24)13(20)16-15-10-4-2-8(17(21)22)6-12(10)19(25)26/h1-6,15H,(H,16,20). The van der Waals surface area contributed by atoms with E-state index in [0.29, 0.717) is 0 Å². The van der Waals surface area contributed by atoms with Gasteiger partial charge in [0.2, 0.25) is 0 Å². The van der Waals surface area contributed by atoms with Gasteiger partial charge in [-0.15, -0.1) is 0 Å². The summed E-state index contributed by atoms with van der Waals surface area (Å²) in [6.45, 7) is 0. The van der Waals surface area contributed by atoms with E-state index < -0.39 is 37.7 Å². The van der Waals surface area contributed by atoms with Gasteiger partial charge >= 0.3 is 5.69 Å². The molecule has 0 spiro atoms. The third-order valence-corrected chi connectivity index (χ3v) is 3.42. The van der Waals surface area contributed by atoms with Gasteiger partial charge in [0, 0.05) is 17.7 Å². The molecule has 0 saturated heterocycles. The number of nitrogens with zero attached hydrogens (tertiary/aromatic N) is 3. The van der Waals surface area contributed by atoms with Gasteiger partial charge in [0.15, 0.2) is 0 Å². The predicted octanol–water partition coefficient (Wildman–Crippen LogP) is 2.82. The predicted molar refractivity (Wildman–Crippen MR) is 88.9 cm³/mol. The van der Waals surface area contributed by atoms with Gasteiger partial charge in [-0.2, -0.15) is 0 Å². The van der Waals surface area contributed by atoms with E-state index in [4.69, 9.17) is 11.6 Å². The number of carbonyl (C=O) groups is 1. The zero-order chi connectivity index (χ0) is 19.4. The Kier molecular flexibility index (Phi) is 5.27. The van der Waals surface area contributed by atoms with Crippen LogP contribution in [-0.2, 0) is 0 Å². The number of nitro groups is 3. The lowest BCUT2D eigenvalue weighted by atomic mass is 10.2. The fourth-order valence-electron chi connectivity index (χ4n) is 1.88. The summed E-state index contributed by atoms with van der Waals surface area (Å²) in [6, 6.07) is 6.08. The zero-order valence-electron chi connectivity index (χ0n) is 12.5. The van der Waals surface area contributed by atoms with Gasteiger partial charge in [0.25, 0.3) is 17.3 Å². The van der Waals surface area contributed by atoms with E-state index in [-0.39, 0.29) is 16.3 Å². The van der Waals surface area contributed by atoms with Crippen molar-refractivity contribution < 1.29 is 19.6 Å². The molecular formula is C13H8ClN5O7. The van der Waals surface area contributed by atoms with Crippen molar-refractivity contribution in [1.82, 2.24) is 5.43 Å². The maximum absolute atomic E-state index is 12.0. The van der Waals surface area contributed by atoms with Crippen LogP contribution in [-0.4, -0.2) is 20.7 Å². The molecule has 13 heteroatoms. The minimum absolute atomic E-state index is 0.127. The molecule has 26 heavy (non-hydrogen) atoms. The van der Waals surface area contributed by atoms with Crippen molar-refractivity contribution in [3.8, 4) is 0 Å². The van der Waals surface area contributed by atoms with Gasteiger partial charge in [0.05, 0.1) is 20.8 Å². The van der Waals surface area contributed by atoms with Crippen molar-refractivity contribution in [1.29, 1.82) is 0 Å². The normalized spacial score (nSPS) is 10.0. The molecular weight excluding hydrogens is 374 g/mol. The average Bonchev–Trinajstić information content (AvgIpc) is 2.59. The van der Waals surface area contributed by atoms with E-state index in [1.807, 2.05) is 0 Å². The number of rotatable bonds is 6. The molecule has 0 heterocycles. The Morgan fingerprint density at radius 3 is 2.12 bits per heavy atom. The number of carbonyl (C=O) groups excluding carboxylic acids is 1. The molecule has 2 aromatic carbocycles. The molecule has 0 aliphatic rings. The van der Waals surface area contributed by atoms with Gasteiger partial charge in [-0.05, 0) is 18.2 Å². The largest absolute Gasteiger partial charge is 0.300 e. The quantitative estimate of drug-likeness (QED) is 0.567. The number of benzene rings is 2. The summed E-state index contributed by atoms with van der Waals surface area (Å²) < 4.78 is 0. The zero-order valence-corrected chi connectivity index (χ0v) is 13.3. The molecule has 0 radical (unpaired) electrons. The number of halogens is 1. The molecule has 0 atom stereocenters. The third kappa shape index (κ3) is 3.99. The van der Waals surface area contributed by atoms with E-state index in [9.17, 15) is 35.1 Å². The summed E-state index contributed by atoms with van der Waals surface area (Å²) in [7, 11) is 0. The summed E-state index contributed by atoms with van der Waals surface area (Å²) in [5.41, 5.74) is 2.41. The van der Waals surface area contributed by atoms with Crippen LogP contribution in [0.15, 0.2) is 36.4 Å². The number of nitrogens with one attached hydrogen (secondary N) is 2. The lowest BCUT2D eigenvalue weighted by molar-refractivity contribution is -0.393. The first-order valence-electron chi connectivity index (χ1n) is 6.64. The Bertz CT molecular complexity index is 933. The second kappa shape index (κ2) is 7.40. The molecule has 1 amide bonds.